The summed E-state index contributed by atoms with van der Waals surface area (Å²) in [5.41, 5.74) is 13.6. The quantitative estimate of drug-likeness (QED) is 0.0656. The highest BCUT2D eigenvalue weighted by Crippen LogP contribution is 2.30. The summed E-state index contributed by atoms with van der Waals surface area (Å²) in [6.07, 6.45) is 28.2. The second kappa shape index (κ2) is 25.9. The Bertz CT molecular complexity index is 3340. The number of aryl methyl sites for hydroxylation is 3. The minimum Gasteiger partial charge on any atom is -0.385 e. The van der Waals surface area contributed by atoms with E-state index in [1.165, 1.54) is 5.56 Å². The molecular formula is C59H70N14O2S. The van der Waals surface area contributed by atoms with Crippen molar-refractivity contribution in [3.8, 4) is 50.4 Å². The number of aromatic nitrogens is 11. The zero-order valence-electron chi connectivity index (χ0n) is 44.7. The van der Waals surface area contributed by atoms with Crippen molar-refractivity contribution in [3.05, 3.63) is 170 Å². The van der Waals surface area contributed by atoms with Crippen LogP contribution in [0.25, 0.3) is 50.4 Å². The van der Waals surface area contributed by atoms with Gasteiger partial charge < -0.3 is 10.6 Å². The van der Waals surface area contributed by atoms with E-state index in [1.54, 1.807) is 29.3 Å². The number of hydrogen-bond acceptors (Lipinski definition) is 12. The van der Waals surface area contributed by atoms with E-state index in [0.29, 0.717) is 17.8 Å². The van der Waals surface area contributed by atoms with Crippen LogP contribution in [0, 0.1) is 5.92 Å². The first kappa shape index (κ1) is 54.2. The van der Waals surface area contributed by atoms with E-state index < -0.39 is 10.0 Å². The molecule has 0 saturated heterocycles. The Morgan fingerprint density at radius 1 is 0.513 bits per heavy atom. The molecule has 0 amide bonds. The number of benzene rings is 1. The monoisotopic (exact) mass is 1040 g/mol. The van der Waals surface area contributed by atoms with Crippen molar-refractivity contribution in [2.75, 3.05) is 21.9 Å². The van der Waals surface area contributed by atoms with Crippen molar-refractivity contribution in [1.82, 2.24) is 54.3 Å². The van der Waals surface area contributed by atoms with Crippen molar-refractivity contribution in [1.29, 1.82) is 0 Å². The third kappa shape index (κ3) is 15.3. The summed E-state index contributed by atoms with van der Waals surface area (Å²) >= 11 is 0. The summed E-state index contributed by atoms with van der Waals surface area (Å²) in [7, 11) is -3.29. The van der Waals surface area contributed by atoms with Crippen LogP contribution < -0.4 is 15.4 Å². The summed E-state index contributed by atoms with van der Waals surface area (Å²) in [6, 6.07) is 28.6. The molecule has 16 nitrogen and oxygen atoms in total. The van der Waals surface area contributed by atoms with Crippen LogP contribution in [0.1, 0.15) is 97.7 Å². The molecular weight excluding hydrogens is 969 g/mol. The highest BCUT2D eigenvalue weighted by molar-refractivity contribution is 7.93. The second-order valence-electron chi connectivity index (χ2n) is 19.6. The van der Waals surface area contributed by atoms with Gasteiger partial charge in [-0.2, -0.15) is 15.3 Å². The Labute approximate surface area is 447 Å². The molecule has 1 aliphatic carbocycles. The Kier molecular flexibility index (Phi) is 18.5. The molecule has 1 aliphatic rings. The zero-order valence-corrected chi connectivity index (χ0v) is 45.5. The normalized spacial score (nSPS) is 12.2. The first-order valence-corrected chi connectivity index (χ1v) is 28.0. The third-order valence-electron chi connectivity index (χ3n) is 12.2. The minimum atomic E-state index is -3.29. The molecule has 10 rings (SSSR count). The summed E-state index contributed by atoms with van der Waals surface area (Å²) in [5.74, 6) is 1.87. The molecule has 394 valence electrons. The van der Waals surface area contributed by atoms with Crippen LogP contribution in [0.15, 0.2) is 153 Å². The van der Waals surface area contributed by atoms with E-state index in [4.69, 9.17) is 0 Å². The van der Waals surface area contributed by atoms with Crippen molar-refractivity contribution >= 4 is 27.3 Å². The van der Waals surface area contributed by atoms with Gasteiger partial charge in [-0.05, 0) is 130 Å². The van der Waals surface area contributed by atoms with Crippen LogP contribution in [0.2, 0.25) is 0 Å². The Morgan fingerprint density at radius 2 is 0.934 bits per heavy atom. The average Bonchev–Trinajstić information content (AvgIpc) is 3.73. The molecule has 3 N–H and O–H groups in total. The molecule has 17 heteroatoms. The van der Waals surface area contributed by atoms with E-state index in [-0.39, 0.29) is 5.25 Å². The number of hydrogen-bond donors (Lipinski definition) is 3. The van der Waals surface area contributed by atoms with Gasteiger partial charge in [0, 0.05) is 113 Å². The van der Waals surface area contributed by atoms with E-state index in [0.717, 1.165) is 131 Å². The highest BCUT2D eigenvalue weighted by Gasteiger charge is 2.36. The number of nitrogens with one attached hydrogen (secondary N) is 3. The summed E-state index contributed by atoms with van der Waals surface area (Å²) < 4.78 is 32.1. The van der Waals surface area contributed by atoms with Crippen molar-refractivity contribution in [3.63, 3.8) is 0 Å². The fraction of sp³-hybridized carbons (Fsp3) is 0.322. The predicted octanol–water partition coefficient (Wildman–Crippen LogP) is 12.2. The molecule has 8 heterocycles. The lowest BCUT2D eigenvalue weighted by Gasteiger charge is -2.09. The molecule has 1 saturated carbocycles. The van der Waals surface area contributed by atoms with Crippen LogP contribution >= 0.6 is 0 Å². The number of sulfonamides is 1. The summed E-state index contributed by atoms with van der Waals surface area (Å²) in [4.78, 5) is 21.9. The van der Waals surface area contributed by atoms with Crippen LogP contribution in [0.5, 0.6) is 0 Å². The topological polar surface area (TPSA) is 188 Å². The van der Waals surface area contributed by atoms with E-state index in [1.807, 2.05) is 89.1 Å². The molecule has 1 aromatic carbocycles. The molecule has 76 heavy (non-hydrogen) atoms. The lowest BCUT2D eigenvalue weighted by Crippen LogP contribution is -2.17. The van der Waals surface area contributed by atoms with E-state index in [2.05, 4.69) is 153 Å². The molecule has 0 unspecified atom stereocenters. The maximum Gasteiger partial charge on any atom is 0.236 e. The number of anilines is 3. The maximum absolute atomic E-state index is 12.0. The van der Waals surface area contributed by atoms with Gasteiger partial charge in [-0.25, -0.2) is 32.4 Å². The lowest BCUT2D eigenvalue weighted by atomic mass is 10.1. The van der Waals surface area contributed by atoms with Crippen LogP contribution in [-0.4, -0.2) is 80.5 Å². The molecule has 0 bridgehead atoms. The summed E-state index contributed by atoms with van der Waals surface area (Å²) in [5, 5.41) is 19.9. The number of pyridine rings is 5. The van der Waals surface area contributed by atoms with Crippen molar-refractivity contribution in [2.45, 2.75) is 111 Å². The second-order valence-corrected chi connectivity index (χ2v) is 21.6. The Balaban J connectivity index is 0.000000151. The minimum absolute atomic E-state index is 0.268. The Hall–Kier alpha value is -8.05. The molecule has 0 atom stereocenters. The van der Waals surface area contributed by atoms with Gasteiger partial charge in [0.15, 0.2) is 0 Å². The molecule has 0 aliphatic heterocycles. The van der Waals surface area contributed by atoms with Gasteiger partial charge in [-0.3, -0.25) is 19.7 Å². The largest absolute Gasteiger partial charge is 0.385 e. The standard InChI is InChI=1S/C21H26N4.C19H21N5O2S.C19H23N5/c1-4-5-20-12-21(10-11-22-20)25-15-18(14-24-25)17-6-8-19(9-7-17)23-13-16(2)3;1-2-3-16-10-17(8-9-20-16)24-13-15(12-22-24)14-4-7-19(21-11-14)23-27(25,26)18-5-6-18;1-4-5-17-10-18(8-9-20-17)24-13-16(12-22-24)15-6-7-19(21-11-15)23-14(2)3/h6-12,14-16,23H,4-5,13H2,1-3H3;4,7-13,18H,2-3,5-6H2,1H3,(H,21,23);6-14H,4-5H2,1-3H3,(H,21,23). The van der Waals surface area contributed by atoms with Gasteiger partial charge in [0.2, 0.25) is 10.0 Å². The van der Waals surface area contributed by atoms with E-state index >= 15 is 0 Å². The Morgan fingerprint density at radius 3 is 1.32 bits per heavy atom. The van der Waals surface area contributed by atoms with Crippen molar-refractivity contribution < 1.29 is 8.42 Å². The third-order valence-corrected chi connectivity index (χ3v) is 14.1. The van der Waals surface area contributed by atoms with Gasteiger partial charge in [-0.15, -0.1) is 0 Å². The average molecular weight is 1040 g/mol. The zero-order chi connectivity index (χ0) is 53.4. The molecule has 1 fully saturated rings. The molecule has 0 radical (unpaired) electrons. The highest BCUT2D eigenvalue weighted by atomic mass is 32.2. The van der Waals surface area contributed by atoms with Gasteiger partial charge in [0.25, 0.3) is 0 Å². The number of nitrogens with zero attached hydrogens (tertiary/aromatic N) is 11. The van der Waals surface area contributed by atoms with Crippen molar-refractivity contribution in [2.24, 2.45) is 5.92 Å². The van der Waals surface area contributed by atoms with Gasteiger partial charge in [0.1, 0.15) is 11.6 Å². The summed E-state index contributed by atoms with van der Waals surface area (Å²) in [6.45, 7) is 16.1. The smallest absolute Gasteiger partial charge is 0.236 e. The molecule has 9 aromatic rings. The first-order valence-electron chi connectivity index (χ1n) is 26.4. The lowest BCUT2D eigenvalue weighted by molar-refractivity contribution is 0.600. The molecule has 0 spiro atoms. The number of rotatable bonds is 20. The van der Waals surface area contributed by atoms with Gasteiger partial charge >= 0.3 is 0 Å². The SMILES string of the molecule is CCCc1cc(-n2cc(-c3ccc(NC(C)C)nc3)cn2)ccn1.CCCc1cc(-n2cc(-c3ccc(NCC(C)C)cc3)cn2)ccn1.CCCc1cc(-n2cc(-c3ccc(NS(=O)(=O)C4CC4)nc3)cn2)ccn1. The molecule has 8 aromatic heterocycles. The fourth-order valence-electron chi connectivity index (χ4n) is 8.12. The van der Waals surface area contributed by atoms with Crippen LogP contribution in [0.3, 0.4) is 0 Å². The van der Waals surface area contributed by atoms with E-state index in [9.17, 15) is 8.42 Å². The maximum atomic E-state index is 12.0. The van der Waals surface area contributed by atoms with Crippen LogP contribution in [0.4, 0.5) is 17.3 Å². The predicted molar refractivity (Wildman–Crippen MR) is 306 cm³/mol. The first-order chi connectivity index (χ1) is 36.9. The van der Waals surface area contributed by atoms with Gasteiger partial charge in [-0.1, -0.05) is 66.0 Å². The fourth-order valence-corrected chi connectivity index (χ4v) is 9.46. The van der Waals surface area contributed by atoms with Gasteiger partial charge in [0.05, 0.1) is 40.9 Å². The van der Waals surface area contributed by atoms with Crippen LogP contribution in [-0.2, 0) is 29.3 Å².